The smallest absolute Gasteiger partial charge is 0.266 e. The molecule has 5 heteroatoms. The van der Waals surface area contributed by atoms with E-state index in [2.05, 4.69) is 5.32 Å². The van der Waals surface area contributed by atoms with Crippen molar-refractivity contribution < 1.29 is 13.6 Å². The van der Waals surface area contributed by atoms with Crippen molar-refractivity contribution in [3.05, 3.63) is 70.8 Å². The van der Waals surface area contributed by atoms with Crippen LogP contribution in [0.5, 0.6) is 0 Å². The van der Waals surface area contributed by atoms with Crippen LogP contribution in [-0.4, -0.2) is 5.91 Å². The van der Waals surface area contributed by atoms with Crippen molar-refractivity contribution in [2.45, 2.75) is 13.3 Å². The summed E-state index contributed by atoms with van der Waals surface area (Å²) >= 11 is 0. The standard InChI is InChI=1S/C18H14F2N2O/c1-2-12-3-5-13(6-4-12)9-14(11-21)18(23)22-17-8-7-15(19)10-16(17)20/h3-10H,2H2,1H3,(H,22,23)/b14-9+. The van der Waals surface area contributed by atoms with Crippen LogP contribution >= 0.6 is 0 Å². The molecule has 23 heavy (non-hydrogen) atoms. The lowest BCUT2D eigenvalue weighted by Gasteiger charge is -2.06. The Bertz CT molecular complexity index is 790. The van der Waals surface area contributed by atoms with Gasteiger partial charge in [0.15, 0.2) is 0 Å². The Kier molecular flexibility index (Phi) is 5.21. The van der Waals surface area contributed by atoms with E-state index in [9.17, 15) is 13.6 Å². The molecular formula is C18H14F2N2O. The third-order valence-corrected chi connectivity index (χ3v) is 3.24. The average Bonchev–Trinajstić information content (AvgIpc) is 2.55. The summed E-state index contributed by atoms with van der Waals surface area (Å²) < 4.78 is 26.4. The van der Waals surface area contributed by atoms with Crippen molar-refractivity contribution in [1.82, 2.24) is 0 Å². The summed E-state index contributed by atoms with van der Waals surface area (Å²) in [7, 11) is 0. The van der Waals surface area contributed by atoms with Crippen molar-refractivity contribution in [2.75, 3.05) is 5.32 Å². The molecule has 0 aromatic heterocycles. The molecule has 0 saturated carbocycles. The number of rotatable bonds is 4. The molecule has 0 aliphatic carbocycles. The van der Waals surface area contributed by atoms with Crippen LogP contribution < -0.4 is 5.32 Å². The molecule has 0 aliphatic heterocycles. The summed E-state index contributed by atoms with van der Waals surface area (Å²) in [4.78, 5) is 12.0. The van der Waals surface area contributed by atoms with Crippen LogP contribution in [0, 0.1) is 23.0 Å². The van der Waals surface area contributed by atoms with E-state index in [1.54, 1.807) is 18.2 Å². The monoisotopic (exact) mass is 312 g/mol. The fourth-order valence-electron chi connectivity index (χ4n) is 1.95. The molecule has 0 unspecified atom stereocenters. The SMILES string of the molecule is CCc1ccc(/C=C(\C#N)C(=O)Nc2ccc(F)cc2F)cc1. The lowest BCUT2D eigenvalue weighted by atomic mass is 10.1. The van der Waals surface area contributed by atoms with Crippen molar-refractivity contribution >= 4 is 17.7 Å². The number of halogens is 2. The molecule has 116 valence electrons. The van der Waals surface area contributed by atoms with Gasteiger partial charge < -0.3 is 5.32 Å². The predicted octanol–water partition coefficient (Wildman–Crippen LogP) is 4.07. The molecule has 0 saturated heterocycles. The molecule has 0 bridgehead atoms. The van der Waals surface area contributed by atoms with Crippen LogP contribution in [-0.2, 0) is 11.2 Å². The number of carbonyl (C=O) groups excluding carboxylic acids is 1. The Hall–Kier alpha value is -3.00. The molecule has 0 radical (unpaired) electrons. The number of carbonyl (C=O) groups is 1. The number of benzene rings is 2. The van der Waals surface area contributed by atoms with E-state index in [0.29, 0.717) is 11.6 Å². The molecule has 2 aromatic rings. The summed E-state index contributed by atoms with van der Waals surface area (Å²) in [5.74, 6) is -2.40. The van der Waals surface area contributed by atoms with E-state index < -0.39 is 17.5 Å². The first-order valence-corrected chi connectivity index (χ1v) is 7.00. The molecule has 3 nitrogen and oxygen atoms in total. The van der Waals surface area contributed by atoms with Crippen LogP contribution in [0.3, 0.4) is 0 Å². The maximum atomic E-state index is 13.5. The highest BCUT2D eigenvalue weighted by molar-refractivity contribution is 6.09. The van der Waals surface area contributed by atoms with Crippen LogP contribution in [0.15, 0.2) is 48.0 Å². The highest BCUT2D eigenvalue weighted by Crippen LogP contribution is 2.17. The normalized spacial score (nSPS) is 11.0. The number of nitriles is 1. The first-order valence-electron chi connectivity index (χ1n) is 7.00. The van der Waals surface area contributed by atoms with E-state index in [4.69, 9.17) is 5.26 Å². The van der Waals surface area contributed by atoms with Gasteiger partial charge in [-0.15, -0.1) is 0 Å². The number of hydrogen-bond donors (Lipinski definition) is 1. The van der Waals surface area contributed by atoms with Crippen molar-refractivity contribution in [3.63, 3.8) is 0 Å². The number of aryl methyl sites for hydroxylation is 1. The molecule has 2 aromatic carbocycles. The second kappa shape index (κ2) is 7.32. The Balaban J connectivity index is 2.20. The number of nitrogens with zero attached hydrogens (tertiary/aromatic N) is 1. The van der Waals surface area contributed by atoms with E-state index in [-0.39, 0.29) is 11.3 Å². The summed E-state index contributed by atoms with van der Waals surface area (Å²) in [6.07, 6.45) is 2.30. The van der Waals surface area contributed by atoms with Gasteiger partial charge in [0, 0.05) is 6.07 Å². The van der Waals surface area contributed by atoms with E-state index in [0.717, 1.165) is 24.1 Å². The molecule has 0 spiro atoms. The number of hydrogen-bond acceptors (Lipinski definition) is 2. The minimum absolute atomic E-state index is 0.169. The van der Waals surface area contributed by atoms with E-state index >= 15 is 0 Å². The van der Waals surface area contributed by atoms with Gasteiger partial charge in [-0.25, -0.2) is 8.78 Å². The molecule has 1 N–H and O–H groups in total. The third kappa shape index (κ3) is 4.24. The molecule has 0 fully saturated rings. The molecule has 0 aliphatic rings. The van der Waals surface area contributed by atoms with Gasteiger partial charge in [0.1, 0.15) is 23.3 Å². The van der Waals surface area contributed by atoms with E-state index in [1.165, 1.54) is 6.08 Å². The van der Waals surface area contributed by atoms with Gasteiger partial charge in [0.2, 0.25) is 0 Å². The second-order valence-corrected chi connectivity index (χ2v) is 4.84. The highest BCUT2D eigenvalue weighted by atomic mass is 19.1. The largest absolute Gasteiger partial charge is 0.319 e. The van der Waals surface area contributed by atoms with Gasteiger partial charge in [0.25, 0.3) is 5.91 Å². The summed E-state index contributed by atoms with van der Waals surface area (Å²) in [6, 6.07) is 12.0. The summed E-state index contributed by atoms with van der Waals surface area (Å²) in [5, 5.41) is 11.4. The average molecular weight is 312 g/mol. The van der Waals surface area contributed by atoms with Gasteiger partial charge in [-0.05, 0) is 35.8 Å². The molecule has 1 amide bonds. The van der Waals surface area contributed by atoms with Gasteiger partial charge in [-0.3, -0.25) is 4.79 Å². The third-order valence-electron chi connectivity index (χ3n) is 3.24. The number of nitrogens with one attached hydrogen (secondary N) is 1. The first kappa shape index (κ1) is 16.4. The zero-order valence-corrected chi connectivity index (χ0v) is 12.4. The summed E-state index contributed by atoms with van der Waals surface area (Å²) in [6.45, 7) is 2.02. The lowest BCUT2D eigenvalue weighted by molar-refractivity contribution is -0.112. The van der Waals surface area contributed by atoms with Crippen LogP contribution in [0.25, 0.3) is 6.08 Å². The second-order valence-electron chi connectivity index (χ2n) is 4.84. The minimum atomic E-state index is -0.900. The maximum absolute atomic E-state index is 13.5. The predicted molar refractivity (Wildman–Crippen MR) is 84.4 cm³/mol. The Labute approximate surface area is 132 Å². The zero-order chi connectivity index (χ0) is 16.8. The molecule has 2 rings (SSSR count). The van der Waals surface area contributed by atoms with Crippen LogP contribution in [0.1, 0.15) is 18.1 Å². The fourth-order valence-corrected chi connectivity index (χ4v) is 1.95. The van der Waals surface area contributed by atoms with Gasteiger partial charge in [-0.2, -0.15) is 5.26 Å². The van der Waals surface area contributed by atoms with Gasteiger partial charge in [0.05, 0.1) is 5.69 Å². The fraction of sp³-hybridized carbons (Fsp3) is 0.111. The molecule has 0 atom stereocenters. The quantitative estimate of drug-likeness (QED) is 0.683. The zero-order valence-electron chi connectivity index (χ0n) is 12.4. The highest BCUT2D eigenvalue weighted by Gasteiger charge is 2.12. The van der Waals surface area contributed by atoms with Gasteiger partial charge in [-0.1, -0.05) is 31.2 Å². The summed E-state index contributed by atoms with van der Waals surface area (Å²) in [5.41, 5.74) is 1.48. The minimum Gasteiger partial charge on any atom is -0.319 e. The number of anilines is 1. The van der Waals surface area contributed by atoms with E-state index in [1.807, 2.05) is 19.1 Å². The van der Waals surface area contributed by atoms with Crippen molar-refractivity contribution in [3.8, 4) is 6.07 Å². The molecular weight excluding hydrogens is 298 g/mol. The van der Waals surface area contributed by atoms with Gasteiger partial charge >= 0.3 is 0 Å². The number of amides is 1. The van der Waals surface area contributed by atoms with Crippen molar-refractivity contribution in [2.24, 2.45) is 0 Å². The Morgan fingerprint density at radius 3 is 2.48 bits per heavy atom. The maximum Gasteiger partial charge on any atom is 0.266 e. The Morgan fingerprint density at radius 2 is 1.91 bits per heavy atom. The Morgan fingerprint density at radius 1 is 1.22 bits per heavy atom. The topological polar surface area (TPSA) is 52.9 Å². The van der Waals surface area contributed by atoms with Crippen LogP contribution in [0.2, 0.25) is 0 Å². The lowest BCUT2D eigenvalue weighted by Crippen LogP contribution is -2.14. The van der Waals surface area contributed by atoms with Crippen LogP contribution in [0.4, 0.5) is 14.5 Å². The first-order chi connectivity index (χ1) is 11.0. The van der Waals surface area contributed by atoms with Crippen molar-refractivity contribution in [1.29, 1.82) is 5.26 Å². The molecule has 0 heterocycles.